The summed E-state index contributed by atoms with van der Waals surface area (Å²) >= 11 is 1.68. The third kappa shape index (κ3) is 2.19. The first-order chi connectivity index (χ1) is 7.70. The zero-order chi connectivity index (χ0) is 11.5. The molecule has 1 aromatic heterocycles. The van der Waals surface area contributed by atoms with Crippen molar-refractivity contribution in [2.75, 3.05) is 6.26 Å². The minimum atomic E-state index is -0.0488. The first kappa shape index (κ1) is 11.0. The predicted molar refractivity (Wildman–Crippen MR) is 65.9 cm³/mol. The number of carbonyl (C=O) groups excluding carboxylic acids is 1. The molecule has 0 bridgehead atoms. The minimum absolute atomic E-state index is 0.0488. The molecule has 3 heteroatoms. The van der Waals surface area contributed by atoms with Crippen molar-refractivity contribution in [2.24, 2.45) is 0 Å². The molecule has 1 heterocycles. The molecule has 0 spiro atoms. The second kappa shape index (κ2) is 4.58. The van der Waals surface area contributed by atoms with Crippen LogP contribution in [0.3, 0.4) is 0 Å². The van der Waals surface area contributed by atoms with E-state index in [1.165, 1.54) is 11.8 Å². The van der Waals surface area contributed by atoms with E-state index in [2.05, 4.69) is 0 Å². The number of benzene rings is 1. The summed E-state index contributed by atoms with van der Waals surface area (Å²) in [6.45, 7) is 1.50. The average molecular weight is 232 g/mol. The van der Waals surface area contributed by atoms with Crippen molar-refractivity contribution in [3.05, 3.63) is 42.2 Å². The zero-order valence-electron chi connectivity index (χ0n) is 9.19. The molecule has 0 aliphatic heterocycles. The zero-order valence-corrected chi connectivity index (χ0v) is 10.0. The highest BCUT2D eigenvalue weighted by atomic mass is 32.2. The molecule has 0 saturated carbocycles. The highest BCUT2D eigenvalue weighted by molar-refractivity contribution is 7.98. The van der Waals surface area contributed by atoms with Crippen LogP contribution in [-0.2, 0) is 0 Å². The first-order valence-corrected chi connectivity index (χ1v) is 6.18. The van der Waals surface area contributed by atoms with E-state index in [9.17, 15) is 4.79 Å². The largest absolute Gasteiger partial charge is 0.453 e. The number of rotatable bonds is 3. The molecular weight excluding hydrogens is 220 g/mol. The highest BCUT2D eigenvalue weighted by Gasteiger charge is 2.08. The molecule has 0 unspecified atom stereocenters. The van der Waals surface area contributed by atoms with Crippen LogP contribution in [0.5, 0.6) is 0 Å². The van der Waals surface area contributed by atoms with Crippen LogP contribution < -0.4 is 0 Å². The number of ketones is 1. The van der Waals surface area contributed by atoms with Crippen molar-refractivity contribution in [3.63, 3.8) is 0 Å². The van der Waals surface area contributed by atoms with Crippen molar-refractivity contribution >= 4 is 17.5 Å². The monoisotopic (exact) mass is 232 g/mol. The molecule has 2 nitrogen and oxygen atoms in total. The van der Waals surface area contributed by atoms with Crippen LogP contribution in [0.4, 0.5) is 0 Å². The van der Waals surface area contributed by atoms with E-state index < -0.39 is 0 Å². The Morgan fingerprint density at radius 3 is 2.69 bits per heavy atom. The fourth-order valence-electron chi connectivity index (χ4n) is 1.46. The maximum Gasteiger partial charge on any atom is 0.194 e. The Kier molecular flexibility index (Phi) is 3.15. The molecule has 2 aromatic rings. The molecule has 0 N–H and O–H groups in total. The molecule has 0 amide bonds. The Hall–Kier alpha value is -1.48. The van der Waals surface area contributed by atoms with Crippen LogP contribution >= 0.6 is 11.8 Å². The number of hydrogen-bond donors (Lipinski definition) is 0. The molecule has 82 valence electrons. The number of thioether (sulfide) groups is 1. The lowest BCUT2D eigenvalue weighted by molar-refractivity contribution is 0.0988. The van der Waals surface area contributed by atoms with E-state index >= 15 is 0 Å². The summed E-state index contributed by atoms with van der Waals surface area (Å²) < 4.78 is 5.47. The summed E-state index contributed by atoms with van der Waals surface area (Å²) in [5.41, 5.74) is 0.999. The third-order valence-electron chi connectivity index (χ3n) is 2.31. The fraction of sp³-hybridized carbons (Fsp3) is 0.154. The summed E-state index contributed by atoms with van der Waals surface area (Å²) in [6.07, 6.45) is 2.03. The van der Waals surface area contributed by atoms with Crippen LogP contribution in [0.1, 0.15) is 17.5 Å². The van der Waals surface area contributed by atoms with E-state index in [-0.39, 0.29) is 5.78 Å². The minimum Gasteiger partial charge on any atom is -0.453 e. The molecular formula is C13H12O2S. The number of Topliss-reactive ketones (excluding diaryl/α,β-unsaturated/α-hetero) is 1. The van der Waals surface area contributed by atoms with Gasteiger partial charge in [-0.25, -0.2) is 0 Å². The standard InChI is InChI=1S/C13H12O2S/c1-9(14)12-6-7-13(15-12)10-4-3-5-11(8-10)16-2/h3-8H,1-2H3. The summed E-state index contributed by atoms with van der Waals surface area (Å²) in [4.78, 5) is 12.3. The molecule has 0 radical (unpaired) electrons. The summed E-state index contributed by atoms with van der Waals surface area (Å²) in [5, 5.41) is 0. The van der Waals surface area contributed by atoms with E-state index in [1.807, 2.05) is 36.6 Å². The van der Waals surface area contributed by atoms with Crippen molar-refractivity contribution in [1.29, 1.82) is 0 Å². The van der Waals surface area contributed by atoms with Gasteiger partial charge in [-0.1, -0.05) is 12.1 Å². The van der Waals surface area contributed by atoms with E-state index in [4.69, 9.17) is 4.42 Å². The Labute approximate surface area is 98.7 Å². The van der Waals surface area contributed by atoms with Gasteiger partial charge in [0.25, 0.3) is 0 Å². The normalized spacial score (nSPS) is 10.4. The van der Waals surface area contributed by atoms with Crippen LogP contribution in [0.15, 0.2) is 45.7 Å². The molecule has 16 heavy (non-hydrogen) atoms. The van der Waals surface area contributed by atoms with E-state index in [0.29, 0.717) is 5.76 Å². The molecule has 0 aliphatic carbocycles. The van der Waals surface area contributed by atoms with Gasteiger partial charge < -0.3 is 4.42 Å². The fourth-order valence-corrected chi connectivity index (χ4v) is 1.92. The van der Waals surface area contributed by atoms with Crippen LogP contribution in [0, 0.1) is 0 Å². The van der Waals surface area contributed by atoms with Gasteiger partial charge in [0.1, 0.15) is 5.76 Å². The van der Waals surface area contributed by atoms with Gasteiger partial charge in [0.15, 0.2) is 11.5 Å². The van der Waals surface area contributed by atoms with Gasteiger partial charge in [-0.05, 0) is 30.5 Å². The third-order valence-corrected chi connectivity index (χ3v) is 3.03. The maximum absolute atomic E-state index is 11.1. The second-order valence-electron chi connectivity index (χ2n) is 3.45. The van der Waals surface area contributed by atoms with Gasteiger partial charge in [-0.15, -0.1) is 11.8 Å². The Bertz CT molecular complexity index is 514. The highest BCUT2D eigenvalue weighted by Crippen LogP contribution is 2.26. The van der Waals surface area contributed by atoms with Crippen LogP contribution in [-0.4, -0.2) is 12.0 Å². The quantitative estimate of drug-likeness (QED) is 0.594. The Morgan fingerprint density at radius 1 is 1.25 bits per heavy atom. The molecule has 0 atom stereocenters. The van der Waals surface area contributed by atoms with Crippen LogP contribution in [0.25, 0.3) is 11.3 Å². The van der Waals surface area contributed by atoms with Gasteiger partial charge >= 0.3 is 0 Å². The number of carbonyl (C=O) groups is 1. The maximum atomic E-state index is 11.1. The van der Waals surface area contributed by atoms with Gasteiger partial charge in [0.05, 0.1) is 0 Å². The van der Waals surface area contributed by atoms with Gasteiger partial charge in [-0.2, -0.15) is 0 Å². The summed E-state index contributed by atoms with van der Waals surface area (Å²) in [5.74, 6) is 1.10. The number of hydrogen-bond acceptors (Lipinski definition) is 3. The lowest BCUT2D eigenvalue weighted by atomic mass is 10.2. The van der Waals surface area contributed by atoms with Gasteiger partial charge in [0.2, 0.25) is 0 Å². The Morgan fingerprint density at radius 2 is 2.06 bits per heavy atom. The average Bonchev–Trinajstić information content (AvgIpc) is 2.78. The molecule has 2 rings (SSSR count). The lowest BCUT2D eigenvalue weighted by Crippen LogP contribution is -1.86. The van der Waals surface area contributed by atoms with Gasteiger partial charge in [0, 0.05) is 17.4 Å². The van der Waals surface area contributed by atoms with E-state index in [1.54, 1.807) is 17.8 Å². The lowest BCUT2D eigenvalue weighted by Gasteiger charge is -1.99. The van der Waals surface area contributed by atoms with Crippen molar-refractivity contribution in [3.8, 4) is 11.3 Å². The van der Waals surface area contributed by atoms with Crippen LogP contribution in [0.2, 0.25) is 0 Å². The van der Waals surface area contributed by atoms with Crippen molar-refractivity contribution in [1.82, 2.24) is 0 Å². The smallest absolute Gasteiger partial charge is 0.194 e. The Balaban J connectivity index is 2.38. The van der Waals surface area contributed by atoms with E-state index in [0.717, 1.165) is 11.3 Å². The first-order valence-electron chi connectivity index (χ1n) is 4.96. The molecule has 0 aliphatic rings. The topological polar surface area (TPSA) is 30.2 Å². The predicted octanol–water partition coefficient (Wildman–Crippen LogP) is 3.87. The summed E-state index contributed by atoms with van der Waals surface area (Å²) in [6, 6.07) is 11.6. The molecule has 1 aromatic carbocycles. The summed E-state index contributed by atoms with van der Waals surface area (Å²) in [7, 11) is 0. The van der Waals surface area contributed by atoms with Gasteiger partial charge in [-0.3, -0.25) is 4.79 Å². The second-order valence-corrected chi connectivity index (χ2v) is 4.33. The molecule has 0 fully saturated rings. The molecule has 0 saturated heterocycles. The SMILES string of the molecule is CSc1cccc(-c2ccc(C(C)=O)o2)c1. The van der Waals surface area contributed by atoms with Crippen molar-refractivity contribution < 1.29 is 9.21 Å². The van der Waals surface area contributed by atoms with Crippen molar-refractivity contribution in [2.45, 2.75) is 11.8 Å². The number of furan rings is 1.